The summed E-state index contributed by atoms with van der Waals surface area (Å²) in [5.74, 6) is 0.912. The van der Waals surface area contributed by atoms with E-state index in [4.69, 9.17) is 4.74 Å². The van der Waals surface area contributed by atoms with E-state index in [2.05, 4.69) is 55.3 Å². The number of halogens is 2. The second kappa shape index (κ2) is 7.43. The van der Waals surface area contributed by atoms with E-state index in [0.717, 1.165) is 27.8 Å². The molecule has 0 radical (unpaired) electrons. The summed E-state index contributed by atoms with van der Waals surface area (Å²) >= 11 is 8.66. The molecule has 1 aromatic heterocycles. The van der Waals surface area contributed by atoms with Gasteiger partial charge in [-0.05, 0) is 53.3 Å². The van der Waals surface area contributed by atoms with Gasteiger partial charge in [0, 0.05) is 32.3 Å². The van der Waals surface area contributed by atoms with Crippen LogP contribution in [-0.2, 0) is 6.54 Å². The van der Waals surface area contributed by atoms with Crippen LogP contribution in [0.5, 0.6) is 5.75 Å². The number of likely N-dealkylation sites (N-methyl/N-ethyl adjacent to an activating group) is 1. The predicted molar refractivity (Wildman–Crippen MR) is 88.0 cm³/mol. The number of thiophene rings is 1. The maximum atomic E-state index is 5.71. The van der Waals surface area contributed by atoms with Crippen molar-refractivity contribution < 1.29 is 4.74 Å². The Kier molecular flexibility index (Phi) is 5.88. The van der Waals surface area contributed by atoms with Gasteiger partial charge >= 0.3 is 0 Å². The lowest BCUT2D eigenvalue weighted by molar-refractivity contribution is 0.234. The highest BCUT2D eigenvalue weighted by Crippen LogP contribution is 2.21. The molecule has 0 bridgehead atoms. The van der Waals surface area contributed by atoms with Crippen molar-refractivity contribution in [1.29, 1.82) is 0 Å². The first kappa shape index (κ1) is 15.0. The average Bonchev–Trinajstić information content (AvgIpc) is 2.77. The molecule has 0 spiro atoms. The van der Waals surface area contributed by atoms with E-state index in [-0.39, 0.29) is 0 Å². The van der Waals surface area contributed by atoms with E-state index in [1.54, 1.807) is 11.3 Å². The summed E-state index contributed by atoms with van der Waals surface area (Å²) in [6.45, 7) is 2.57. The van der Waals surface area contributed by atoms with Crippen molar-refractivity contribution >= 4 is 43.2 Å². The van der Waals surface area contributed by atoms with Crippen LogP contribution in [0.4, 0.5) is 0 Å². The molecule has 0 atom stereocenters. The van der Waals surface area contributed by atoms with Crippen LogP contribution < -0.4 is 4.74 Å². The van der Waals surface area contributed by atoms with Crippen LogP contribution in [-0.4, -0.2) is 25.1 Å². The SMILES string of the molecule is CN(CCOc1ccc(Br)cc1)Cc1cc(Br)cs1. The van der Waals surface area contributed by atoms with E-state index in [9.17, 15) is 0 Å². The van der Waals surface area contributed by atoms with E-state index < -0.39 is 0 Å². The Morgan fingerprint density at radius 2 is 1.89 bits per heavy atom. The summed E-state index contributed by atoms with van der Waals surface area (Å²) in [6.07, 6.45) is 0. The van der Waals surface area contributed by atoms with E-state index in [0.29, 0.717) is 6.61 Å². The Balaban J connectivity index is 1.71. The van der Waals surface area contributed by atoms with Crippen molar-refractivity contribution in [3.63, 3.8) is 0 Å². The van der Waals surface area contributed by atoms with Gasteiger partial charge in [0.05, 0.1) is 0 Å². The molecule has 1 aromatic carbocycles. The minimum atomic E-state index is 0.699. The first-order valence-corrected chi connectivity index (χ1v) is 8.40. The molecule has 0 fully saturated rings. The summed E-state index contributed by atoms with van der Waals surface area (Å²) < 4.78 is 7.94. The molecule has 19 heavy (non-hydrogen) atoms. The second-order valence-electron chi connectivity index (χ2n) is 4.27. The molecule has 102 valence electrons. The number of ether oxygens (including phenoxy) is 1. The number of benzene rings is 1. The monoisotopic (exact) mass is 403 g/mol. The van der Waals surface area contributed by atoms with E-state index in [1.807, 2.05) is 24.3 Å². The molecule has 1 heterocycles. The van der Waals surface area contributed by atoms with Crippen LogP contribution in [0.1, 0.15) is 4.88 Å². The third-order valence-electron chi connectivity index (χ3n) is 2.60. The third kappa shape index (κ3) is 5.26. The number of nitrogens with zero attached hydrogens (tertiary/aromatic N) is 1. The molecule has 0 unspecified atom stereocenters. The predicted octanol–water partition coefficient (Wildman–Crippen LogP) is 4.78. The van der Waals surface area contributed by atoms with Gasteiger partial charge in [0.1, 0.15) is 12.4 Å². The smallest absolute Gasteiger partial charge is 0.119 e. The fourth-order valence-corrected chi connectivity index (χ4v) is 3.43. The van der Waals surface area contributed by atoms with Crippen LogP contribution in [0.3, 0.4) is 0 Å². The first-order valence-electron chi connectivity index (χ1n) is 5.93. The molecule has 0 saturated carbocycles. The van der Waals surface area contributed by atoms with E-state index in [1.165, 1.54) is 4.88 Å². The number of hydrogen-bond donors (Lipinski definition) is 0. The molecule has 0 aliphatic heterocycles. The van der Waals surface area contributed by atoms with Gasteiger partial charge in [-0.2, -0.15) is 0 Å². The Morgan fingerprint density at radius 3 is 2.53 bits per heavy atom. The lowest BCUT2D eigenvalue weighted by Gasteiger charge is -2.16. The number of hydrogen-bond acceptors (Lipinski definition) is 3. The Labute approximate surface area is 134 Å². The van der Waals surface area contributed by atoms with Crippen molar-refractivity contribution in [1.82, 2.24) is 4.90 Å². The summed E-state index contributed by atoms with van der Waals surface area (Å²) in [5.41, 5.74) is 0. The van der Waals surface area contributed by atoms with Gasteiger partial charge in [-0.15, -0.1) is 11.3 Å². The highest BCUT2D eigenvalue weighted by Gasteiger charge is 2.03. The van der Waals surface area contributed by atoms with Crippen molar-refractivity contribution in [2.75, 3.05) is 20.2 Å². The Bertz CT molecular complexity index is 512. The molecular weight excluding hydrogens is 390 g/mol. The van der Waals surface area contributed by atoms with Crippen molar-refractivity contribution in [2.45, 2.75) is 6.54 Å². The molecule has 2 aromatic rings. The zero-order chi connectivity index (χ0) is 13.7. The Morgan fingerprint density at radius 1 is 1.16 bits per heavy atom. The Hall–Kier alpha value is -0.360. The summed E-state index contributed by atoms with van der Waals surface area (Å²) in [6, 6.07) is 10.1. The zero-order valence-electron chi connectivity index (χ0n) is 10.6. The largest absolute Gasteiger partial charge is 0.492 e. The van der Waals surface area contributed by atoms with Gasteiger partial charge in [-0.1, -0.05) is 15.9 Å². The normalized spacial score (nSPS) is 10.9. The topological polar surface area (TPSA) is 12.5 Å². The molecule has 0 N–H and O–H groups in total. The summed E-state index contributed by atoms with van der Waals surface area (Å²) in [4.78, 5) is 3.62. The minimum Gasteiger partial charge on any atom is -0.492 e. The molecule has 0 saturated heterocycles. The van der Waals surface area contributed by atoms with Crippen LogP contribution in [0, 0.1) is 0 Å². The standard InChI is InChI=1S/C14H15Br2NOS/c1-17(9-14-8-12(16)10-19-14)6-7-18-13-4-2-11(15)3-5-13/h2-5,8,10H,6-7,9H2,1H3. The van der Waals surface area contributed by atoms with E-state index >= 15 is 0 Å². The first-order chi connectivity index (χ1) is 9.13. The van der Waals surface area contributed by atoms with Crippen LogP contribution in [0.2, 0.25) is 0 Å². The zero-order valence-corrected chi connectivity index (χ0v) is 14.6. The summed E-state index contributed by atoms with van der Waals surface area (Å²) in [7, 11) is 2.11. The lowest BCUT2D eigenvalue weighted by Crippen LogP contribution is -2.23. The molecule has 0 aliphatic carbocycles. The van der Waals surface area contributed by atoms with Crippen LogP contribution in [0.15, 0.2) is 44.7 Å². The molecule has 2 nitrogen and oxygen atoms in total. The second-order valence-corrected chi connectivity index (χ2v) is 7.10. The van der Waals surface area contributed by atoms with Crippen molar-refractivity contribution in [2.24, 2.45) is 0 Å². The molecule has 0 aliphatic rings. The third-order valence-corrected chi connectivity index (χ3v) is 4.81. The lowest BCUT2D eigenvalue weighted by atomic mass is 10.3. The molecule has 5 heteroatoms. The van der Waals surface area contributed by atoms with Gasteiger partial charge in [0.2, 0.25) is 0 Å². The van der Waals surface area contributed by atoms with Gasteiger partial charge in [0.25, 0.3) is 0 Å². The highest BCUT2D eigenvalue weighted by molar-refractivity contribution is 9.10. The van der Waals surface area contributed by atoms with Crippen LogP contribution >= 0.6 is 43.2 Å². The fourth-order valence-electron chi connectivity index (χ4n) is 1.63. The minimum absolute atomic E-state index is 0.699. The van der Waals surface area contributed by atoms with Gasteiger partial charge in [-0.25, -0.2) is 0 Å². The average molecular weight is 405 g/mol. The quantitative estimate of drug-likeness (QED) is 0.686. The maximum absolute atomic E-state index is 5.71. The van der Waals surface area contributed by atoms with Crippen molar-refractivity contribution in [3.05, 3.63) is 49.5 Å². The summed E-state index contributed by atoms with van der Waals surface area (Å²) in [5, 5.41) is 2.11. The highest BCUT2D eigenvalue weighted by atomic mass is 79.9. The maximum Gasteiger partial charge on any atom is 0.119 e. The van der Waals surface area contributed by atoms with Gasteiger partial charge in [-0.3, -0.25) is 4.90 Å². The van der Waals surface area contributed by atoms with Crippen LogP contribution in [0.25, 0.3) is 0 Å². The number of rotatable bonds is 6. The van der Waals surface area contributed by atoms with Gasteiger partial charge < -0.3 is 4.74 Å². The van der Waals surface area contributed by atoms with Crippen molar-refractivity contribution in [3.8, 4) is 5.75 Å². The fraction of sp³-hybridized carbons (Fsp3) is 0.286. The van der Waals surface area contributed by atoms with Gasteiger partial charge in [0.15, 0.2) is 0 Å². The molecule has 0 amide bonds. The molecular formula is C14H15Br2NOS. The molecule has 2 rings (SSSR count).